The van der Waals surface area contributed by atoms with E-state index in [9.17, 15) is 14.7 Å². The van der Waals surface area contributed by atoms with Crippen LogP contribution in [0.5, 0.6) is 0 Å². The Morgan fingerprint density at radius 2 is 1.22 bits per heavy atom. The Balaban J connectivity index is 0.00000961. The van der Waals surface area contributed by atoms with Crippen LogP contribution in [0.1, 0.15) is 129 Å². The fourth-order valence-corrected chi connectivity index (χ4v) is 4.51. The van der Waals surface area contributed by atoms with Gasteiger partial charge < -0.3 is 14.6 Å². The van der Waals surface area contributed by atoms with Crippen molar-refractivity contribution in [2.75, 3.05) is 6.61 Å². The van der Waals surface area contributed by atoms with Crippen LogP contribution in [0, 0.1) is 11.8 Å². The van der Waals surface area contributed by atoms with Gasteiger partial charge in [0.25, 0.3) is 0 Å². The van der Waals surface area contributed by atoms with Crippen LogP contribution in [0.15, 0.2) is 12.2 Å². The van der Waals surface area contributed by atoms with Crippen molar-refractivity contribution >= 4 is 11.9 Å². The summed E-state index contributed by atoms with van der Waals surface area (Å²) in [7, 11) is 0. The fraction of sp³-hybridized carbons (Fsp3) is 0.852. The van der Waals surface area contributed by atoms with Crippen LogP contribution in [0.3, 0.4) is 0 Å². The Bertz CT molecular complexity index is 492. The number of hydrogen-bond donors (Lipinski definition) is 0. The minimum atomic E-state index is -1.11. The van der Waals surface area contributed by atoms with Crippen LogP contribution < -0.4 is 34.7 Å². The van der Waals surface area contributed by atoms with E-state index in [1.54, 1.807) is 0 Å². The zero-order valence-corrected chi connectivity index (χ0v) is 23.1. The SMILES string of the molecule is CCCCCCCCCCCCCC/C=C/CCCOC(=O)C1CCCCC1C(=O)[O-].[Na+]. The maximum atomic E-state index is 12.2. The third-order valence-corrected chi connectivity index (χ3v) is 6.52. The molecule has 0 bridgehead atoms. The summed E-state index contributed by atoms with van der Waals surface area (Å²) in [5, 5.41) is 11.2. The molecular formula is C27H47NaO4. The summed E-state index contributed by atoms with van der Waals surface area (Å²) in [6.07, 6.45) is 26.7. The Morgan fingerprint density at radius 1 is 0.750 bits per heavy atom. The number of carbonyl (C=O) groups excluding carboxylic acids is 2. The Labute approximate surface area is 219 Å². The molecule has 1 fully saturated rings. The van der Waals surface area contributed by atoms with E-state index in [-0.39, 0.29) is 35.5 Å². The van der Waals surface area contributed by atoms with Crippen LogP contribution in [0.25, 0.3) is 0 Å². The number of ether oxygens (including phenoxy) is 1. The molecule has 0 radical (unpaired) electrons. The fourth-order valence-electron chi connectivity index (χ4n) is 4.51. The zero-order valence-electron chi connectivity index (χ0n) is 21.1. The van der Waals surface area contributed by atoms with Crippen molar-refractivity contribution < 1.29 is 49.0 Å². The van der Waals surface area contributed by atoms with Crippen molar-refractivity contribution in [2.45, 2.75) is 129 Å². The predicted molar refractivity (Wildman–Crippen MR) is 125 cm³/mol. The van der Waals surface area contributed by atoms with Gasteiger partial charge in [-0.05, 0) is 38.5 Å². The normalized spacial score (nSPS) is 18.4. The molecule has 32 heavy (non-hydrogen) atoms. The molecule has 2 atom stereocenters. The van der Waals surface area contributed by atoms with Gasteiger partial charge in [-0.25, -0.2) is 0 Å². The van der Waals surface area contributed by atoms with Crippen molar-refractivity contribution in [3.05, 3.63) is 12.2 Å². The minimum absolute atomic E-state index is 0. The monoisotopic (exact) mass is 458 g/mol. The van der Waals surface area contributed by atoms with Crippen molar-refractivity contribution in [3.63, 3.8) is 0 Å². The maximum Gasteiger partial charge on any atom is 1.00 e. The first kappa shape index (κ1) is 31.7. The van der Waals surface area contributed by atoms with E-state index < -0.39 is 17.8 Å². The number of aliphatic carboxylic acids is 1. The molecule has 1 aliphatic carbocycles. The van der Waals surface area contributed by atoms with Crippen molar-refractivity contribution in [1.82, 2.24) is 0 Å². The van der Waals surface area contributed by atoms with E-state index in [0.29, 0.717) is 19.4 Å². The van der Waals surface area contributed by atoms with Gasteiger partial charge in [-0.2, -0.15) is 0 Å². The standard InChI is InChI=1S/C27H48O4.Na/c1-2-3-4-5-6-7-8-9-10-11-12-13-14-15-16-17-20-23-31-27(30)25-22-19-18-21-24(25)26(28)29;/h15-16,24-25H,2-14,17-23H2,1H3,(H,28,29);/q;+1/p-1/b16-15+;. The molecule has 4 nitrogen and oxygen atoms in total. The van der Waals surface area contributed by atoms with Gasteiger partial charge >= 0.3 is 35.5 Å². The van der Waals surface area contributed by atoms with Crippen LogP contribution >= 0.6 is 0 Å². The van der Waals surface area contributed by atoms with E-state index in [2.05, 4.69) is 19.1 Å². The van der Waals surface area contributed by atoms with Crippen molar-refractivity contribution in [2.24, 2.45) is 11.8 Å². The predicted octanol–water partition coefficient (Wildman–Crippen LogP) is 3.52. The smallest absolute Gasteiger partial charge is 0.550 e. The molecule has 0 N–H and O–H groups in total. The second-order valence-electron chi connectivity index (χ2n) is 9.28. The number of rotatable bonds is 19. The summed E-state index contributed by atoms with van der Waals surface area (Å²) in [6.45, 7) is 2.64. The van der Waals surface area contributed by atoms with E-state index >= 15 is 0 Å². The minimum Gasteiger partial charge on any atom is -0.550 e. The third-order valence-electron chi connectivity index (χ3n) is 6.52. The summed E-state index contributed by atoms with van der Waals surface area (Å²) >= 11 is 0. The molecule has 0 aromatic heterocycles. The van der Waals surface area contributed by atoms with Crippen LogP contribution in [-0.2, 0) is 14.3 Å². The van der Waals surface area contributed by atoms with E-state index in [0.717, 1.165) is 32.1 Å². The average Bonchev–Trinajstić information content (AvgIpc) is 2.78. The number of carboxylic acids is 1. The summed E-state index contributed by atoms with van der Waals surface area (Å²) in [6, 6.07) is 0. The molecule has 5 heteroatoms. The van der Waals surface area contributed by atoms with E-state index in [4.69, 9.17) is 4.74 Å². The number of unbranched alkanes of at least 4 members (excludes halogenated alkanes) is 13. The molecule has 0 amide bonds. The van der Waals surface area contributed by atoms with Gasteiger partial charge in [0.15, 0.2) is 0 Å². The Hall–Kier alpha value is -0.320. The van der Waals surface area contributed by atoms with Gasteiger partial charge in [0, 0.05) is 11.9 Å². The number of allylic oxidation sites excluding steroid dienone is 2. The Kier molecular flexibility index (Phi) is 22.2. The van der Waals surface area contributed by atoms with Crippen LogP contribution in [0.4, 0.5) is 0 Å². The van der Waals surface area contributed by atoms with Gasteiger partial charge in [0.1, 0.15) is 0 Å². The number of hydrogen-bond acceptors (Lipinski definition) is 4. The summed E-state index contributed by atoms with van der Waals surface area (Å²) in [4.78, 5) is 23.3. The van der Waals surface area contributed by atoms with Gasteiger partial charge in [0.2, 0.25) is 0 Å². The molecule has 2 unspecified atom stereocenters. The number of carbonyl (C=O) groups is 2. The molecule has 0 saturated heterocycles. The van der Waals surface area contributed by atoms with Crippen LogP contribution in [-0.4, -0.2) is 18.5 Å². The number of esters is 1. The van der Waals surface area contributed by atoms with Crippen LogP contribution in [0.2, 0.25) is 0 Å². The molecule has 1 saturated carbocycles. The quantitative estimate of drug-likeness (QED) is 0.129. The van der Waals surface area contributed by atoms with E-state index in [1.165, 1.54) is 77.0 Å². The molecule has 0 aromatic carbocycles. The summed E-state index contributed by atoms with van der Waals surface area (Å²) in [5.41, 5.74) is 0. The molecule has 0 aromatic rings. The first-order chi connectivity index (χ1) is 15.2. The summed E-state index contributed by atoms with van der Waals surface area (Å²) in [5.74, 6) is -2.64. The third kappa shape index (κ3) is 16.3. The van der Waals surface area contributed by atoms with Crippen molar-refractivity contribution in [1.29, 1.82) is 0 Å². The molecule has 0 heterocycles. The van der Waals surface area contributed by atoms with Gasteiger partial charge in [-0.3, -0.25) is 4.79 Å². The molecule has 1 rings (SSSR count). The Morgan fingerprint density at radius 3 is 1.75 bits per heavy atom. The first-order valence-corrected chi connectivity index (χ1v) is 13.2. The van der Waals surface area contributed by atoms with Gasteiger partial charge in [-0.1, -0.05) is 103 Å². The molecule has 0 aliphatic heterocycles. The topological polar surface area (TPSA) is 66.4 Å². The van der Waals surface area contributed by atoms with Gasteiger partial charge in [-0.15, -0.1) is 0 Å². The van der Waals surface area contributed by atoms with Crippen molar-refractivity contribution in [3.8, 4) is 0 Å². The second-order valence-corrected chi connectivity index (χ2v) is 9.28. The molecular weight excluding hydrogens is 411 g/mol. The van der Waals surface area contributed by atoms with Gasteiger partial charge in [0.05, 0.1) is 12.5 Å². The summed E-state index contributed by atoms with van der Waals surface area (Å²) < 4.78 is 5.32. The first-order valence-electron chi connectivity index (χ1n) is 13.2. The second kappa shape index (κ2) is 22.5. The van der Waals surface area contributed by atoms with E-state index in [1.807, 2.05) is 0 Å². The largest absolute Gasteiger partial charge is 1.00 e. The maximum absolute atomic E-state index is 12.2. The number of carboxylic acid groups (broad SMARTS) is 1. The molecule has 0 spiro atoms. The zero-order chi connectivity index (χ0) is 22.6. The molecule has 180 valence electrons. The average molecular weight is 459 g/mol. The molecule has 1 aliphatic rings.